The van der Waals surface area contributed by atoms with Crippen molar-refractivity contribution in [3.63, 3.8) is 0 Å². The normalized spacial score (nSPS) is 20.8. The van der Waals surface area contributed by atoms with E-state index in [0.717, 1.165) is 17.3 Å². The summed E-state index contributed by atoms with van der Waals surface area (Å²) in [6.45, 7) is 5.17. The van der Waals surface area contributed by atoms with E-state index in [1.54, 1.807) is 16.4 Å². The molecule has 1 aromatic heterocycles. The van der Waals surface area contributed by atoms with Crippen molar-refractivity contribution in [1.82, 2.24) is 9.78 Å². The number of nitrogen functional groups attached to an aromatic ring is 1. The number of hydrogen-bond acceptors (Lipinski definition) is 6. The Morgan fingerprint density at radius 1 is 1.53 bits per heavy atom. The Labute approximate surface area is 118 Å². The van der Waals surface area contributed by atoms with E-state index >= 15 is 0 Å². The Morgan fingerprint density at radius 2 is 2.21 bits per heavy atom. The van der Waals surface area contributed by atoms with Crippen molar-refractivity contribution in [3.8, 4) is 0 Å². The second-order valence-electron chi connectivity index (χ2n) is 4.69. The van der Waals surface area contributed by atoms with Gasteiger partial charge in [0.05, 0.1) is 11.4 Å². The topological polar surface area (TPSA) is 81.2 Å². The van der Waals surface area contributed by atoms with Crippen LogP contribution in [0, 0.1) is 6.92 Å². The van der Waals surface area contributed by atoms with Crippen molar-refractivity contribution in [2.45, 2.75) is 25.8 Å². The number of rotatable bonds is 3. The van der Waals surface area contributed by atoms with Crippen molar-refractivity contribution in [2.24, 2.45) is 0 Å². The van der Waals surface area contributed by atoms with Crippen LogP contribution in [-0.2, 0) is 16.4 Å². The number of aryl methyl sites for hydroxylation is 2. The molecule has 0 amide bonds. The molecule has 1 aromatic rings. The lowest BCUT2D eigenvalue weighted by molar-refractivity contribution is 0.576. The van der Waals surface area contributed by atoms with Crippen LogP contribution in [0.5, 0.6) is 0 Å². The summed E-state index contributed by atoms with van der Waals surface area (Å²) in [4.78, 5) is 1.89. The minimum Gasteiger partial charge on any atom is -0.394 e. The van der Waals surface area contributed by atoms with Crippen molar-refractivity contribution in [2.75, 3.05) is 34.9 Å². The van der Waals surface area contributed by atoms with Crippen LogP contribution < -0.4 is 10.6 Å². The van der Waals surface area contributed by atoms with E-state index < -0.39 is 15.2 Å². The van der Waals surface area contributed by atoms with E-state index in [1.165, 1.54) is 6.26 Å². The zero-order chi connectivity index (χ0) is 14.2. The minimum absolute atomic E-state index is 0.519. The molecule has 0 radical (unpaired) electrons. The summed E-state index contributed by atoms with van der Waals surface area (Å²) in [6, 6.07) is 0. The third-order valence-corrected chi connectivity index (χ3v) is 5.94. The summed E-state index contributed by atoms with van der Waals surface area (Å²) >= 11 is 1.66. The monoisotopic (exact) mass is 304 g/mol. The first-order valence-electron chi connectivity index (χ1n) is 6.22. The Balaban J connectivity index is 2.49. The van der Waals surface area contributed by atoms with Crippen LogP contribution in [0.15, 0.2) is 0 Å². The van der Waals surface area contributed by atoms with E-state index in [-0.39, 0.29) is 0 Å². The van der Waals surface area contributed by atoms with Gasteiger partial charge in [-0.3, -0.25) is 0 Å². The van der Waals surface area contributed by atoms with Gasteiger partial charge in [0.2, 0.25) is 0 Å². The average Bonchev–Trinajstić information content (AvgIpc) is 2.64. The zero-order valence-electron chi connectivity index (χ0n) is 11.5. The Hall–Kier alpha value is -0.890. The van der Waals surface area contributed by atoms with Gasteiger partial charge >= 0.3 is 0 Å². The Kier molecular flexibility index (Phi) is 4.00. The van der Waals surface area contributed by atoms with Gasteiger partial charge in [-0.2, -0.15) is 16.9 Å². The molecule has 2 heterocycles. The van der Waals surface area contributed by atoms with Gasteiger partial charge in [0.1, 0.15) is 5.37 Å². The van der Waals surface area contributed by atoms with E-state index in [0.29, 0.717) is 24.5 Å². The van der Waals surface area contributed by atoms with E-state index in [1.807, 2.05) is 18.7 Å². The first kappa shape index (κ1) is 14.5. The highest BCUT2D eigenvalue weighted by Crippen LogP contribution is 2.32. The third-order valence-electron chi connectivity index (χ3n) is 3.30. The van der Waals surface area contributed by atoms with Crippen molar-refractivity contribution in [1.29, 1.82) is 0 Å². The molecular weight excluding hydrogens is 284 g/mol. The van der Waals surface area contributed by atoms with Gasteiger partial charge in [-0.1, -0.05) is 0 Å². The van der Waals surface area contributed by atoms with E-state index in [2.05, 4.69) is 5.10 Å². The molecule has 1 aliphatic rings. The van der Waals surface area contributed by atoms with Crippen LogP contribution in [0.4, 0.5) is 11.5 Å². The summed E-state index contributed by atoms with van der Waals surface area (Å²) in [5.41, 5.74) is 7.43. The largest absolute Gasteiger partial charge is 0.394 e. The van der Waals surface area contributed by atoms with E-state index in [9.17, 15) is 8.42 Å². The van der Waals surface area contributed by atoms with Gasteiger partial charge in [-0.15, -0.1) is 0 Å². The van der Waals surface area contributed by atoms with Gasteiger partial charge in [-0.25, -0.2) is 13.1 Å². The van der Waals surface area contributed by atoms with Crippen LogP contribution in [0.3, 0.4) is 0 Å². The van der Waals surface area contributed by atoms with Gasteiger partial charge in [-0.05, 0) is 13.8 Å². The predicted molar refractivity (Wildman–Crippen MR) is 80.4 cm³/mol. The van der Waals surface area contributed by atoms with Gasteiger partial charge < -0.3 is 10.6 Å². The smallest absolute Gasteiger partial charge is 0.169 e. The van der Waals surface area contributed by atoms with Crippen LogP contribution in [-0.4, -0.2) is 47.9 Å². The summed E-state index contributed by atoms with van der Waals surface area (Å²) in [5, 5.41) is 3.85. The quantitative estimate of drug-likeness (QED) is 0.886. The number of nitrogens with two attached hydrogens (primary N) is 1. The van der Waals surface area contributed by atoms with Crippen LogP contribution in [0.1, 0.15) is 12.6 Å². The molecule has 8 heteroatoms. The highest BCUT2D eigenvalue weighted by molar-refractivity contribution is 8.01. The van der Waals surface area contributed by atoms with Gasteiger partial charge in [0, 0.05) is 30.9 Å². The number of anilines is 2. The van der Waals surface area contributed by atoms with E-state index in [4.69, 9.17) is 5.73 Å². The van der Waals surface area contributed by atoms with Crippen LogP contribution >= 0.6 is 11.8 Å². The molecule has 1 atom stereocenters. The zero-order valence-corrected chi connectivity index (χ0v) is 13.1. The fourth-order valence-corrected chi connectivity index (χ4v) is 5.10. The Bertz CT molecular complexity index is 567. The molecule has 19 heavy (non-hydrogen) atoms. The molecule has 2 N–H and O–H groups in total. The predicted octanol–water partition coefficient (Wildman–Crippen LogP) is 0.718. The first-order valence-corrected chi connectivity index (χ1v) is 9.33. The summed E-state index contributed by atoms with van der Waals surface area (Å²) in [6.07, 6.45) is 1.28. The fourth-order valence-electron chi connectivity index (χ4n) is 2.28. The molecule has 1 saturated heterocycles. The number of sulfone groups is 1. The summed E-state index contributed by atoms with van der Waals surface area (Å²) in [7, 11) is -3.15. The molecule has 1 aliphatic heterocycles. The highest BCUT2D eigenvalue weighted by atomic mass is 32.2. The lowest BCUT2D eigenvalue weighted by atomic mass is 10.3. The molecule has 1 unspecified atom stereocenters. The standard InChI is InChI=1S/C11H20N4O2S2/c1-4-15-11(10(12)8(2)13-15)14-5-6-18-7-9(14)19(3,16)17/h9H,4-7,12H2,1-3H3. The van der Waals surface area contributed by atoms with Crippen molar-refractivity contribution >= 4 is 33.1 Å². The fraction of sp³-hybridized carbons (Fsp3) is 0.727. The SMILES string of the molecule is CCn1nc(C)c(N)c1N1CCSCC1S(C)(=O)=O. The molecule has 0 spiro atoms. The summed E-state index contributed by atoms with van der Waals surface area (Å²) in [5.74, 6) is 2.22. The molecule has 0 aliphatic carbocycles. The number of aromatic nitrogens is 2. The molecule has 2 rings (SSSR count). The number of hydrogen-bond donors (Lipinski definition) is 1. The average molecular weight is 304 g/mol. The lowest BCUT2D eigenvalue weighted by Gasteiger charge is -2.36. The molecule has 0 aromatic carbocycles. The lowest BCUT2D eigenvalue weighted by Crippen LogP contribution is -2.48. The Morgan fingerprint density at radius 3 is 2.79 bits per heavy atom. The molecule has 6 nitrogen and oxygen atoms in total. The molecule has 108 valence electrons. The van der Waals surface area contributed by atoms with Crippen LogP contribution in [0.2, 0.25) is 0 Å². The second kappa shape index (κ2) is 5.24. The van der Waals surface area contributed by atoms with Crippen LogP contribution in [0.25, 0.3) is 0 Å². The molecule has 0 bridgehead atoms. The second-order valence-corrected chi connectivity index (χ2v) is 8.04. The summed E-state index contributed by atoms with van der Waals surface area (Å²) < 4.78 is 25.7. The highest BCUT2D eigenvalue weighted by Gasteiger charge is 2.34. The van der Waals surface area contributed by atoms with Gasteiger partial charge in [0.25, 0.3) is 0 Å². The maximum absolute atomic E-state index is 12.0. The van der Waals surface area contributed by atoms with Crippen molar-refractivity contribution in [3.05, 3.63) is 5.69 Å². The minimum atomic E-state index is -3.15. The molecule has 1 fully saturated rings. The first-order chi connectivity index (χ1) is 8.86. The van der Waals surface area contributed by atoms with Crippen molar-refractivity contribution < 1.29 is 8.42 Å². The number of thioether (sulfide) groups is 1. The maximum atomic E-state index is 12.0. The van der Waals surface area contributed by atoms with Gasteiger partial charge in [0.15, 0.2) is 15.7 Å². The molecular formula is C11H20N4O2S2. The molecule has 0 saturated carbocycles. The number of nitrogens with zero attached hydrogens (tertiary/aromatic N) is 3. The third kappa shape index (κ3) is 2.69. The maximum Gasteiger partial charge on any atom is 0.169 e.